The molecule has 0 unspecified atom stereocenters. The van der Waals surface area contributed by atoms with E-state index < -0.39 is 10.0 Å². The summed E-state index contributed by atoms with van der Waals surface area (Å²) < 4.78 is 26.6. The number of nitrogens with zero attached hydrogens (tertiary/aromatic N) is 1. The van der Waals surface area contributed by atoms with Crippen LogP contribution >= 0.6 is 0 Å². The number of hydrogen-bond donors (Lipinski definition) is 1. The van der Waals surface area contributed by atoms with Gasteiger partial charge in [-0.25, -0.2) is 8.42 Å². The summed E-state index contributed by atoms with van der Waals surface area (Å²) in [5.41, 5.74) is 2.89. The Morgan fingerprint density at radius 3 is 2.03 bits per heavy atom. The largest absolute Gasteiger partial charge is 0.322 e. The summed E-state index contributed by atoms with van der Waals surface area (Å²) in [6.07, 6.45) is 0. The van der Waals surface area contributed by atoms with E-state index in [-0.39, 0.29) is 10.8 Å². The van der Waals surface area contributed by atoms with Crippen LogP contribution in [-0.2, 0) is 10.0 Å². The van der Waals surface area contributed by atoms with Gasteiger partial charge in [-0.05, 0) is 41.5 Å². The molecule has 0 aromatic heterocycles. The molecule has 0 atom stereocenters. The number of rotatable bonds is 7. The maximum absolute atomic E-state index is 12.9. The van der Waals surface area contributed by atoms with E-state index in [4.69, 9.17) is 0 Å². The van der Waals surface area contributed by atoms with Crippen LogP contribution in [0.1, 0.15) is 24.2 Å². The second-order valence-electron chi connectivity index (χ2n) is 6.48. The number of hydrogen-bond acceptors (Lipinski definition) is 3. The quantitative estimate of drug-likeness (QED) is 0.619. The summed E-state index contributed by atoms with van der Waals surface area (Å²) >= 11 is 0. The molecule has 1 N–H and O–H groups in total. The molecule has 3 rings (SSSR count). The van der Waals surface area contributed by atoms with Crippen molar-refractivity contribution in [3.8, 4) is 11.1 Å². The first-order valence-corrected chi connectivity index (χ1v) is 11.0. The molecule has 0 heterocycles. The van der Waals surface area contributed by atoms with Gasteiger partial charge in [0.1, 0.15) is 0 Å². The second-order valence-corrected chi connectivity index (χ2v) is 8.42. The van der Waals surface area contributed by atoms with Gasteiger partial charge in [0.2, 0.25) is 10.0 Å². The lowest BCUT2D eigenvalue weighted by molar-refractivity contribution is 0.102. The van der Waals surface area contributed by atoms with E-state index in [0.717, 1.165) is 11.1 Å². The van der Waals surface area contributed by atoms with Gasteiger partial charge in [0.15, 0.2) is 0 Å². The molecular formula is C23H24N2O3S. The SMILES string of the molecule is CCN(CC)S(=O)(=O)c1ccc(NC(=O)c2ccccc2-c2ccccc2)cc1. The molecule has 150 valence electrons. The lowest BCUT2D eigenvalue weighted by Gasteiger charge is -2.18. The molecule has 0 saturated heterocycles. The Morgan fingerprint density at radius 2 is 1.41 bits per heavy atom. The van der Waals surface area contributed by atoms with Crippen molar-refractivity contribution < 1.29 is 13.2 Å². The first-order valence-electron chi connectivity index (χ1n) is 9.53. The minimum absolute atomic E-state index is 0.212. The van der Waals surface area contributed by atoms with Crippen LogP contribution in [0.2, 0.25) is 0 Å². The number of nitrogens with one attached hydrogen (secondary N) is 1. The molecular weight excluding hydrogens is 384 g/mol. The van der Waals surface area contributed by atoms with Gasteiger partial charge in [0.05, 0.1) is 4.90 Å². The third-order valence-electron chi connectivity index (χ3n) is 4.71. The minimum Gasteiger partial charge on any atom is -0.322 e. The van der Waals surface area contributed by atoms with Crippen molar-refractivity contribution in [3.63, 3.8) is 0 Å². The molecule has 6 heteroatoms. The highest BCUT2D eigenvalue weighted by Crippen LogP contribution is 2.25. The molecule has 0 radical (unpaired) electrons. The second kappa shape index (κ2) is 9.03. The fourth-order valence-corrected chi connectivity index (χ4v) is 4.63. The van der Waals surface area contributed by atoms with Crippen LogP contribution in [0.5, 0.6) is 0 Å². The Labute approximate surface area is 172 Å². The third-order valence-corrected chi connectivity index (χ3v) is 6.78. The Hall–Kier alpha value is -2.96. The Kier molecular flexibility index (Phi) is 6.46. The molecule has 0 spiro atoms. The van der Waals surface area contributed by atoms with Crippen LogP contribution in [0, 0.1) is 0 Å². The number of anilines is 1. The number of carbonyl (C=O) groups excluding carboxylic acids is 1. The fourth-order valence-electron chi connectivity index (χ4n) is 3.17. The molecule has 0 bridgehead atoms. The predicted octanol–water partition coefficient (Wildman–Crippen LogP) is 4.64. The van der Waals surface area contributed by atoms with Crippen molar-refractivity contribution in [1.82, 2.24) is 4.31 Å². The Balaban J connectivity index is 1.83. The molecule has 29 heavy (non-hydrogen) atoms. The summed E-state index contributed by atoms with van der Waals surface area (Å²) in [4.78, 5) is 13.1. The highest BCUT2D eigenvalue weighted by atomic mass is 32.2. The fraction of sp³-hybridized carbons (Fsp3) is 0.174. The summed E-state index contributed by atoms with van der Waals surface area (Å²) in [5.74, 6) is -0.246. The minimum atomic E-state index is -3.52. The number of benzene rings is 3. The smallest absolute Gasteiger partial charge is 0.256 e. The van der Waals surface area contributed by atoms with Gasteiger partial charge >= 0.3 is 0 Å². The van der Waals surface area contributed by atoms with Crippen LogP contribution in [0.15, 0.2) is 83.8 Å². The topological polar surface area (TPSA) is 66.5 Å². The highest BCUT2D eigenvalue weighted by Gasteiger charge is 2.21. The van der Waals surface area contributed by atoms with Crippen molar-refractivity contribution in [3.05, 3.63) is 84.4 Å². The third kappa shape index (κ3) is 4.55. The van der Waals surface area contributed by atoms with Gasteiger partial charge in [-0.2, -0.15) is 4.31 Å². The van der Waals surface area contributed by atoms with Crippen molar-refractivity contribution in [2.45, 2.75) is 18.7 Å². The Bertz CT molecular complexity index is 1070. The van der Waals surface area contributed by atoms with E-state index in [9.17, 15) is 13.2 Å². The van der Waals surface area contributed by atoms with E-state index >= 15 is 0 Å². The summed E-state index contributed by atoms with van der Waals surface area (Å²) in [6.45, 7) is 4.43. The first-order chi connectivity index (χ1) is 14.0. The van der Waals surface area contributed by atoms with Gasteiger partial charge in [0.25, 0.3) is 5.91 Å². The van der Waals surface area contributed by atoms with Crippen molar-refractivity contribution in [1.29, 1.82) is 0 Å². The van der Waals surface area contributed by atoms with Gasteiger partial charge in [-0.1, -0.05) is 62.4 Å². The van der Waals surface area contributed by atoms with Crippen molar-refractivity contribution >= 4 is 21.6 Å². The van der Waals surface area contributed by atoms with Gasteiger partial charge in [-0.3, -0.25) is 4.79 Å². The lowest BCUT2D eigenvalue weighted by Crippen LogP contribution is -2.30. The maximum Gasteiger partial charge on any atom is 0.256 e. The van der Waals surface area contributed by atoms with Gasteiger partial charge in [0, 0.05) is 24.3 Å². The normalized spacial score (nSPS) is 11.4. The highest BCUT2D eigenvalue weighted by molar-refractivity contribution is 7.89. The lowest BCUT2D eigenvalue weighted by atomic mass is 9.99. The standard InChI is InChI=1S/C23H24N2O3S/c1-3-25(4-2)29(27,28)20-16-14-19(15-17-20)24-23(26)22-13-9-8-12-21(22)18-10-6-5-7-11-18/h5-17H,3-4H2,1-2H3,(H,24,26). The van der Waals surface area contributed by atoms with E-state index in [0.29, 0.717) is 24.3 Å². The van der Waals surface area contributed by atoms with Crippen molar-refractivity contribution in [2.24, 2.45) is 0 Å². The molecule has 5 nitrogen and oxygen atoms in total. The Morgan fingerprint density at radius 1 is 0.828 bits per heavy atom. The molecule has 3 aromatic rings. The molecule has 1 amide bonds. The summed E-state index contributed by atoms with van der Waals surface area (Å²) in [7, 11) is -3.52. The zero-order valence-corrected chi connectivity index (χ0v) is 17.3. The molecule has 0 aliphatic heterocycles. The molecule has 0 aliphatic carbocycles. The van der Waals surface area contributed by atoms with Gasteiger partial charge < -0.3 is 5.32 Å². The van der Waals surface area contributed by atoms with Crippen LogP contribution in [0.3, 0.4) is 0 Å². The van der Waals surface area contributed by atoms with Gasteiger partial charge in [-0.15, -0.1) is 0 Å². The zero-order chi connectivity index (χ0) is 20.9. The number of sulfonamides is 1. The number of carbonyl (C=O) groups is 1. The molecule has 0 saturated carbocycles. The van der Waals surface area contributed by atoms with E-state index in [1.54, 1.807) is 32.0 Å². The van der Waals surface area contributed by atoms with Crippen LogP contribution in [0.4, 0.5) is 5.69 Å². The average molecular weight is 409 g/mol. The zero-order valence-electron chi connectivity index (χ0n) is 16.5. The first kappa shape index (κ1) is 20.8. The van der Waals surface area contributed by atoms with E-state index in [1.807, 2.05) is 48.5 Å². The summed E-state index contributed by atoms with van der Waals surface area (Å²) in [6, 6.07) is 23.4. The van der Waals surface area contributed by atoms with Crippen molar-refractivity contribution in [2.75, 3.05) is 18.4 Å². The van der Waals surface area contributed by atoms with Crippen LogP contribution < -0.4 is 5.32 Å². The van der Waals surface area contributed by atoms with Crippen LogP contribution in [-0.4, -0.2) is 31.7 Å². The van der Waals surface area contributed by atoms with E-state index in [1.165, 1.54) is 16.4 Å². The molecule has 0 aliphatic rings. The van der Waals surface area contributed by atoms with Crippen LogP contribution in [0.25, 0.3) is 11.1 Å². The number of amides is 1. The maximum atomic E-state index is 12.9. The molecule has 0 fully saturated rings. The summed E-state index contributed by atoms with van der Waals surface area (Å²) in [5, 5.41) is 2.86. The van der Waals surface area contributed by atoms with E-state index in [2.05, 4.69) is 5.32 Å². The monoisotopic (exact) mass is 408 g/mol. The average Bonchev–Trinajstić information content (AvgIpc) is 2.75. The predicted molar refractivity (Wildman–Crippen MR) is 116 cm³/mol. The molecule has 3 aromatic carbocycles.